The van der Waals surface area contributed by atoms with Gasteiger partial charge in [-0.2, -0.15) is 5.10 Å². The molecule has 0 saturated heterocycles. The molecule has 0 saturated carbocycles. The third-order valence-corrected chi connectivity index (χ3v) is 3.48. The van der Waals surface area contributed by atoms with Gasteiger partial charge in [0.2, 0.25) is 5.88 Å². The molecule has 3 aromatic rings. The molecule has 1 N–H and O–H groups in total. The van der Waals surface area contributed by atoms with Gasteiger partial charge in [-0.25, -0.2) is 19.6 Å². The number of H-pyrrole nitrogens is 1. The van der Waals surface area contributed by atoms with Crippen LogP contribution in [0.2, 0.25) is 5.02 Å². The third kappa shape index (κ3) is 2.55. The van der Waals surface area contributed by atoms with E-state index in [1.807, 2.05) is 18.5 Å². The fourth-order valence-electron chi connectivity index (χ4n) is 2.09. The minimum absolute atomic E-state index is 0.204. The molecule has 0 atom stereocenters. The fourth-order valence-corrected chi connectivity index (χ4v) is 2.32. The average molecular weight is 319 g/mol. The van der Waals surface area contributed by atoms with Crippen molar-refractivity contribution in [3.63, 3.8) is 0 Å². The van der Waals surface area contributed by atoms with E-state index in [0.717, 1.165) is 11.5 Å². The number of aromatic nitrogens is 6. The van der Waals surface area contributed by atoms with Crippen molar-refractivity contribution in [1.82, 2.24) is 29.7 Å². The predicted molar refractivity (Wildman–Crippen MR) is 82.8 cm³/mol. The molecule has 0 unspecified atom stereocenters. The molecule has 3 rings (SSSR count). The summed E-state index contributed by atoms with van der Waals surface area (Å²) >= 11 is 6.25. The molecule has 8 heteroatoms. The first-order valence-electron chi connectivity index (χ1n) is 6.75. The molecule has 0 amide bonds. The molecule has 0 aliphatic carbocycles. The van der Waals surface area contributed by atoms with E-state index < -0.39 is 0 Å². The lowest BCUT2D eigenvalue weighted by Crippen LogP contribution is -2.05. The van der Waals surface area contributed by atoms with E-state index in [4.69, 9.17) is 16.3 Å². The molecule has 7 nitrogen and oxygen atoms in total. The van der Waals surface area contributed by atoms with Crippen LogP contribution >= 0.6 is 11.6 Å². The van der Waals surface area contributed by atoms with Crippen LogP contribution in [0.3, 0.4) is 0 Å². The van der Waals surface area contributed by atoms with E-state index in [-0.39, 0.29) is 6.04 Å². The molecule has 0 aliphatic rings. The Balaban J connectivity index is 1.99. The standard InChI is InChI=1S/C14H15ClN6O/c1-8(2)21-14(18-7-19-21)11-6-17-13(20-11)9-5-16-12(22-3)4-10(9)15/h4-8H,1-3H3,(H,17,20). The van der Waals surface area contributed by atoms with E-state index in [2.05, 4.69) is 25.0 Å². The van der Waals surface area contributed by atoms with Crippen LogP contribution < -0.4 is 4.74 Å². The number of methoxy groups -OCH3 is 1. The quantitative estimate of drug-likeness (QED) is 0.799. The van der Waals surface area contributed by atoms with Crippen LogP contribution in [0.25, 0.3) is 22.9 Å². The number of nitrogens with zero attached hydrogens (tertiary/aromatic N) is 5. The molecule has 0 aliphatic heterocycles. The van der Waals surface area contributed by atoms with Crippen LogP contribution in [0.1, 0.15) is 19.9 Å². The van der Waals surface area contributed by atoms with Crippen molar-refractivity contribution in [3.05, 3.63) is 29.8 Å². The van der Waals surface area contributed by atoms with Gasteiger partial charge in [0.15, 0.2) is 5.82 Å². The van der Waals surface area contributed by atoms with E-state index in [9.17, 15) is 0 Å². The largest absolute Gasteiger partial charge is 0.481 e. The summed E-state index contributed by atoms with van der Waals surface area (Å²) < 4.78 is 6.87. The second kappa shape index (κ2) is 5.76. The number of imidazole rings is 1. The molecule has 0 spiro atoms. The zero-order valence-corrected chi connectivity index (χ0v) is 13.2. The van der Waals surface area contributed by atoms with Crippen LogP contribution in [-0.4, -0.2) is 36.8 Å². The molecular weight excluding hydrogens is 304 g/mol. The van der Waals surface area contributed by atoms with E-state index in [0.29, 0.717) is 22.3 Å². The van der Waals surface area contributed by atoms with Crippen molar-refractivity contribution in [2.45, 2.75) is 19.9 Å². The van der Waals surface area contributed by atoms with Crippen molar-refractivity contribution < 1.29 is 4.74 Å². The Kier molecular flexibility index (Phi) is 3.81. The van der Waals surface area contributed by atoms with Crippen LogP contribution in [0.5, 0.6) is 5.88 Å². The fraction of sp³-hybridized carbons (Fsp3) is 0.286. The van der Waals surface area contributed by atoms with Gasteiger partial charge in [-0.1, -0.05) is 11.6 Å². The Bertz CT molecular complexity index is 794. The Morgan fingerprint density at radius 3 is 2.73 bits per heavy atom. The van der Waals surface area contributed by atoms with Gasteiger partial charge < -0.3 is 9.72 Å². The van der Waals surface area contributed by atoms with Crippen molar-refractivity contribution in [1.29, 1.82) is 0 Å². The normalized spacial score (nSPS) is 11.1. The molecule has 22 heavy (non-hydrogen) atoms. The Morgan fingerprint density at radius 2 is 2.05 bits per heavy atom. The van der Waals surface area contributed by atoms with Gasteiger partial charge in [0.1, 0.15) is 17.8 Å². The lowest BCUT2D eigenvalue weighted by molar-refractivity contribution is 0.398. The van der Waals surface area contributed by atoms with E-state index >= 15 is 0 Å². The maximum Gasteiger partial charge on any atom is 0.214 e. The summed E-state index contributed by atoms with van der Waals surface area (Å²) in [4.78, 5) is 16.0. The Hall–Kier alpha value is -2.41. The van der Waals surface area contributed by atoms with Gasteiger partial charge >= 0.3 is 0 Å². The maximum absolute atomic E-state index is 6.25. The first-order valence-corrected chi connectivity index (χ1v) is 7.12. The molecule has 0 aromatic carbocycles. The second-order valence-electron chi connectivity index (χ2n) is 4.97. The number of hydrogen-bond donors (Lipinski definition) is 1. The molecular formula is C14H15ClN6O. The number of pyridine rings is 1. The minimum Gasteiger partial charge on any atom is -0.481 e. The van der Waals surface area contributed by atoms with Crippen molar-refractivity contribution in [2.75, 3.05) is 7.11 Å². The summed E-state index contributed by atoms with van der Waals surface area (Å²) in [5.41, 5.74) is 1.47. The molecule has 0 bridgehead atoms. The predicted octanol–water partition coefficient (Wildman–Crippen LogP) is 2.97. The monoisotopic (exact) mass is 318 g/mol. The van der Waals surface area contributed by atoms with Crippen LogP contribution in [-0.2, 0) is 0 Å². The van der Waals surface area contributed by atoms with Gasteiger partial charge in [0, 0.05) is 18.3 Å². The zero-order valence-electron chi connectivity index (χ0n) is 12.4. The highest BCUT2D eigenvalue weighted by Gasteiger charge is 2.15. The lowest BCUT2D eigenvalue weighted by atomic mass is 10.2. The smallest absolute Gasteiger partial charge is 0.214 e. The minimum atomic E-state index is 0.204. The first kappa shape index (κ1) is 14.5. The van der Waals surface area contributed by atoms with Crippen molar-refractivity contribution >= 4 is 11.6 Å². The number of rotatable bonds is 4. The highest BCUT2D eigenvalue weighted by Crippen LogP contribution is 2.29. The Morgan fingerprint density at radius 1 is 1.23 bits per heavy atom. The number of halogens is 1. The maximum atomic E-state index is 6.25. The second-order valence-corrected chi connectivity index (χ2v) is 5.38. The molecule has 0 radical (unpaired) electrons. The lowest BCUT2D eigenvalue weighted by Gasteiger charge is -2.07. The molecule has 3 aromatic heterocycles. The first-order chi connectivity index (χ1) is 10.6. The van der Waals surface area contributed by atoms with Gasteiger partial charge in [-0.15, -0.1) is 0 Å². The van der Waals surface area contributed by atoms with Crippen molar-refractivity contribution in [3.8, 4) is 28.8 Å². The third-order valence-electron chi connectivity index (χ3n) is 3.17. The van der Waals surface area contributed by atoms with E-state index in [1.165, 1.54) is 6.33 Å². The number of ether oxygens (including phenoxy) is 1. The van der Waals surface area contributed by atoms with Crippen LogP contribution in [0, 0.1) is 0 Å². The number of nitrogens with one attached hydrogen (secondary N) is 1. The summed E-state index contributed by atoms with van der Waals surface area (Å²) in [6, 6.07) is 1.85. The summed E-state index contributed by atoms with van der Waals surface area (Å²) in [7, 11) is 1.54. The molecule has 0 fully saturated rings. The number of aromatic amines is 1. The summed E-state index contributed by atoms with van der Waals surface area (Å²) in [5.74, 6) is 1.81. The van der Waals surface area contributed by atoms with Gasteiger partial charge in [0.25, 0.3) is 0 Å². The summed E-state index contributed by atoms with van der Waals surface area (Å²) in [6.45, 7) is 4.08. The SMILES string of the molecule is COc1cc(Cl)c(-c2ncc(-c3ncnn3C(C)C)[nH]2)cn1. The highest BCUT2D eigenvalue weighted by atomic mass is 35.5. The van der Waals surface area contributed by atoms with Crippen molar-refractivity contribution in [2.24, 2.45) is 0 Å². The van der Waals surface area contributed by atoms with Crippen LogP contribution in [0.15, 0.2) is 24.8 Å². The van der Waals surface area contributed by atoms with Gasteiger partial charge in [-0.05, 0) is 13.8 Å². The molecule has 114 valence electrons. The van der Waals surface area contributed by atoms with E-state index in [1.54, 1.807) is 25.6 Å². The summed E-state index contributed by atoms with van der Waals surface area (Å²) in [6.07, 6.45) is 4.85. The zero-order chi connectivity index (χ0) is 15.7. The molecule has 3 heterocycles. The topological polar surface area (TPSA) is 81.5 Å². The number of hydrogen-bond acceptors (Lipinski definition) is 5. The average Bonchev–Trinajstić information content (AvgIpc) is 3.15. The van der Waals surface area contributed by atoms with Gasteiger partial charge in [0.05, 0.1) is 23.9 Å². The highest BCUT2D eigenvalue weighted by molar-refractivity contribution is 6.33. The van der Waals surface area contributed by atoms with Crippen LogP contribution in [0.4, 0.5) is 0 Å². The summed E-state index contributed by atoms with van der Waals surface area (Å²) in [5, 5.41) is 4.73. The Labute approximate surface area is 132 Å². The van der Waals surface area contributed by atoms with Gasteiger partial charge in [-0.3, -0.25) is 0 Å².